The van der Waals surface area contributed by atoms with Crippen LogP contribution < -0.4 is 10.6 Å². The topological polar surface area (TPSA) is 104 Å². The van der Waals surface area contributed by atoms with Crippen LogP contribution in [-0.4, -0.2) is 27.1 Å². The van der Waals surface area contributed by atoms with Gasteiger partial charge in [0, 0.05) is 11.6 Å². The molecule has 2 amide bonds. The number of nitrogens with zero attached hydrogens (tertiary/aromatic N) is 2. The highest BCUT2D eigenvalue weighted by molar-refractivity contribution is 7.13. The van der Waals surface area contributed by atoms with Crippen LogP contribution in [0.4, 0.5) is 15.6 Å². The molecule has 0 bridgehead atoms. The molecule has 3 N–H and O–H groups in total. The van der Waals surface area contributed by atoms with Gasteiger partial charge in [0.2, 0.25) is 0 Å². The minimum atomic E-state index is -1.12. The molecule has 0 saturated carbocycles. The number of aromatic carboxylic acids is 1. The standard InChI is InChI=1S/C10H8N4O3S/c15-8(16)7-2-1-6(5-12-7)13-9(17)14-10-11-3-4-18-10/h1-5H,(H,15,16)(H2,11,13,14,17). The van der Waals surface area contributed by atoms with Gasteiger partial charge in [0.25, 0.3) is 0 Å². The molecule has 0 aliphatic rings. The molecule has 7 nitrogen and oxygen atoms in total. The number of aromatic nitrogens is 2. The zero-order chi connectivity index (χ0) is 13.0. The maximum Gasteiger partial charge on any atom is 0.354 e. The predicted octanol–water partition coefficient (Wildman–Crippen LogP) is 1.88. The van der Waals surface area contributed by atoms with E-state index in [1.807, 2.05) is 0 Å². The van der Waals surface area contributed by atoms with E-state index in [9.17, 15) is 9.59 Å². The first kappa shape index (κ1) is 12.0. The average molecular weight is 264 g/mol. The normalized spacial score (nSPS) is 9.78. The van der Waals surface area contributed by atoms with E-state index in [1.165, 1.54) is 29.7 Å². The second kappa shape index (κ2) is 5.23. The summed E-state index contributed by atoms with van der Waals surface area (Å²) in [6.07, 6.45) is 2.84. The van der Waals surface area contributed by atoms with Gasteiger partial charge in [0.05, 0.1) is 11.9 Å². The molecule has 0 saturated heterocycles. The summed E-state index contributed by atoms with van der Waals surface area (Å²) in [5.74, 6) is -1.12. The highest BCUT2D eigenvalue weighted by atomic mass is 32.1. The Morgan fingerprint density at radius 3 is 2.61 bits per heavy atom. The quantitative estimate of drug-likeness (QED) is 0.785. The molecule has 0 aromatic carbocycles. The van der Waals surface area contributed by atoms with Gasteiger partial charge in [-0.1, -0.05) is 0 Å². The van der Waals surface area contributed by atoms with E-state index in [2.05, 4.69) is 20.6 Å². The van der Waals surface area contributed by atoms with Crippen molar-refractivity contribution in [3.05, 3.63) is 35.6 Å². The Bertz CT molecular complexity index is 553. The Balaban J connectivity index is 1.97. The second-order valence-electron chi connectivity index (χ2n) is 3.15. The summed E-state index contributed by atoms with van der Waals surface area (Å²) in [5.41, 5.74) is 0.315. The molecule has 0 radical (unpaired) electrons. The van der Waals surface area contributed by atoms with Crippen LogP contribution >= 0.6 is 11.3 Å². The van der Waals surface area contributed by atoms with Crippen LogP contribution in [0.15, 0.2) is 29.9 Å². The number of urea groups is 1. The SMILES string of the molecule is O=C(Nc1ccc(C(=O)O)nc1)Nc1nccs1. The summed E-state index contributed by atoms with van der Waals surface area (Å²) in [6, 6.07) is 2.30. The van der Waals surface area contributed by atoms with Crippen molar-refractivity contribution in [2.24, 2.45) is 0 Å². The number of carboxylic acids is 1. The highest BCUT2D eigenvalue weighted by Crippen LogP contribution is 2.11. The summed E-state index contributed by atoms with van der Waals surface area (Å²) in [7, 11) is 0. The Kier molecular flexibility index (Phi) is 3.49. The molecule has 0 unspecified atom stereocenters. The third kappa shape index (κ3) is 3.01. The predicted molar refractivity (Wildman–Crippen MR) is 66.0 cm³/mol. The zero-order valence-electron chi connectivity index (χ0n) is 8.95. The van der Waals surface area contributed by atoms with E-state index in [1.54, 1.807) is 11.6 Å². The molecule has 8 heteroatoms. The number of anilines is 2. The first-order chi connectivity index (χ1) is 8.65. The van der Waals surface area contributed by atoms with Crippen molar-refractivity contribution in [1.82, 2.24) is 9.97 Å². The Labute approximate surface area is 106 Å². The number of carbonyl (C=O) groups excluding carboxylic acids is 1. The van der Waals surface area contributed by atoms with Crippen molar-refractivity contribution in [1.29, 1.82) is 0 Å². The number of carboxylic acid groups (broad SMARTS) is 1. The summed E-state index contributed by atoms with van der Waals surface area (Å²) >= 11 is 1.29. The molecule has 0 atom stereocenters. The molecule has 2 rings (SSSR count). The smallest absolute Gasteiger partial charge is 0.354 e. The van der Waals surface area contributed by atoms with Crippen LogP contribution in [0.25, 0.3) is 0 Å². The van der Waals surface area contributed by atoms with E-state index in [0.29, 0.717) is 10.8 Å². The molecular formula is C10H8N4O3S. The first-order valence-electron chi connectivity index (χ1n) is 4.82. The number of nitrogens with one attached hydrogen (secondary N) is 2. The van der Waals surface area contributed by atoms with Crippen molar-refractivity contribution < 1.29 is 14.7 Å². The molecule has 92 valence electrons. The first-order valence-corrected chi connectivity index (χ1v) is 5.70. The summed E-state index contributed by atoms with van der Waals surface area (Å²) in [5, 5.41) is 15.9. The molecule has 2 heterocycles. The van der Waals surface area contributed by atoms with E-state index in [-0.39, 0.29) is 5.69 Å². The number of pyridine rings is 1. The van der Waals surface area contributed by atoms with Crippen LogP contribution in [0.2, 0.25) is 0 Å². The Hall–Kier alpha value is -2.48. The number of thiazole rings is 1. The van der Waals surface area contributed by atoms with Crippen molar-refractivity contribution in [2.75, 3.05) is 10.6 Å². The third-order valence-corrected chi connectivity index (χ3v) is 2.58. The lowest BCUT2D eigenvalue weighted by atomic mass is 10.3. The maximum absolute atomic E-state index is 11.5. The number of hydrogen-bond donors (Lipinski definition) is 3. The number of rotatable bonds is 3. The molecule has 2 aromatic heterocycles. The largest absolute Gasteiger partial charge is 0.477 e. The summed E-state index contributed by atoms with van der Waals surface area (Å²) in [4.78, 5) is 29.6. The lowest BCUT2D eigenvalue weighted by Gasteiger charge is -2.04. The van der Waals surface area contributed by atoms with Crippen LogP contribution in [0, 0.1) is 0 Å². The molecule has 2 aromatic rings. The number of hydrogen-bond acceptors (Lipinski definition) is 5. The van der Waals surface area contributed by atoms with E-state index in [0.717, 1.165) is 0 Å². The number of amides is 2. The fourth-order valence-corrected chi connectivity index (χ4v) is 1.66. The van der Waals surface area contributed by atoms with Gasteiger partial charge in [-0.2, -0.15) is 0 Å². The fraction of sp³-hybridized carbons (Fsp3) is 0. The Morgan fingerprint density at radius 1 is 1.22 bits per heavy atom. The highest BCUT2D eigenvalue weighted by Gasteiger charge is 2.06. The van der Waals surface area contributed by atoms with Crippen LogP contribution in [0.1, 0.15) is 10.5 Å². The van der Waals surface area contributed by atoms with Crippen molar-refractivity contribution in [2.45, 2.75) is 0 Å². The van der Waals surface area contributed by atoms with Crippen LogP contribution in [0.5, 0.6) is 0 Å². The van der Waals surface area contributed by atoms with Crippen LogP contribution in [-0.2, 0) is 0 Å². The molecule has 0 spiro atoms. The van der Waals surface area contributed by atoms with Crippen molar-refractivity contribution >= 4 is 34.2 Å². The van der Waals surface area contributed by atoms with Gasteiger partial charge in [-0.15, -0.1) is 11.3 Å². The van der Waals surface area contributed by atoms with E-state index >= 15 is 0 Å². The average Bonchev–Trinajstić information content (AvgIpc) is 2.82. The monoisotopic (exact) mass is 264 g/mol. The van der Waals surface area contributed by atoms with Gasteiger partial charge in [0.1, 0.15) is 5.69 Å². The lowest BCUT2D eigenvalue weighted by Crippen LogP contribution is -2.19. The third-order valence-electron chi connectivity index (χ3n) is 1.89. The maximum atomic E-state index is 11.5. The minimum absolute atomic E-state index is 0.0825. The number of carbonyl (C=O) groups is 2. The molecular weight excluding hydrogens is 256 g/mol. The Morgan fingerprint density at radius 2 is 2.06 bits per heavy atom. The zero-order valence-corrected chi connectivity index (χ0v) is 9.77. The minimum Gasteiger partial charge on any atom is -0.477 e. The van der Waals surface area contributed by atoms with Gasteiger partial charge in [-0.25, -0.2) is 19.6 Å². The van der Waals surface area contributed by atoms with Crippen molar-refractivity contribution in [3.8, 4) is 0 Å². The molecule has 0 aliphatic carbocycles. The van der Waals surface area contributed by atoms with E-state index in [4.69, 9.17) is 5.11 Å². The van der Waals surface area contributed by atoms with Crippen molar-refractivity contribution in [3.63, 3.8) is 0 Å². The van der Waals surface area contributed by atoms with Gasteiger partial charge in [0.15, 0.2) is 5.13 Å². The summed E-state index contributed by atoms with van der Waals surface area (Å²) < 4.78 is 0. The van der Waals surface area contributed by atoms with Crippen LogP contribution in [0.3, 0.4) is 0 Å². The van der Waals surface area contributed by atoms with E-state index < -0.39 is 12.0 Å². The lowest BCUT2D eigenvalue weighted by molar-refractivity contribution is 0.0690. The van der Waals surface area contributed by atoms with Gasteiger partial charge in [-0.3, -0.25) is 5.32 Å². The van der Waals surface area contributed by atoms with Gasteiger partial charge >= 0.3 is 12.0 Å². The fourth-order valence-electron chi connectivity index (χ4n) is 1.14. The molecule has 18 heavy (non-hydrogen) atoms. The van der Waals surface area contributed by atoms with Gasteiger partial charge < -0.3 is 10.4 Å². The second-order valence-corrected chi connectivity index (χ2v) is 4.05. The summed E-state index contributed by atoms with van der Waals surface area (Å²) in [6.45, 7) is 0. The molecule has 0 fully saturated rings. The molecule has 0 aliphatic heterocycles. The van der Waals surface area contributed by atoms with Gasteiger partial charge in [-0.05, 0) is 12.1 Å².